The number of halogens is 2. The monoisotopic (exact) mass is 370 g/mol. The molecule has 0 unspecified atom stereocenters. The molecule has 0 atom stereocenters. The van der Waals surface area contributed by atoms with Gasteiger partial charge in [0.05, 0.1) is 0 Å². The Labute approximate surface area is 97.3 Å². The smallest absolute Gasteiger partial charge is 0.747 e. The standard InChI is InChI=1S/CH2I2O3S.Na/c2-1(3)7(4,5)6;/h1H,(H,4,5,6);/q;+1/p-1. The molecule has 0 aromatic rings. The van der Waals surface area contributed by atoms with Crippen molar-refractivity contribution in [1.29, 1.82) is 0 Å². The van der Waals surface area contributed by atoms with Crippen molar-refractivity contribution >= 4 is 55.3 Å². The van der Waals surface area contributed by atoms with Crippen molar-refractivity contribution < 1.29 is 42.5 Å². The van der Waals surface area contributed by atoms with E-state index in [0.29, 0.717) is 0 Å². The average Bonchev–Trinajstić information content (AvgIpc) is 1.31. The number of hydrogen-bond acceptors (Lipinski definition) is 3. The van der Waals surface area contributed by atoms with Crippen molar-refractivity contribution in [2.24, 2.45) is 0 Å². The fourth-order valence-corrected chi connectivity index (χ4v) is 0. The molecule has 44 valence electrons. The van der Waals surface area contributed by atoms with E-state index in [1.165, 1.54) is 45.2 Å². The molecule has 3 nitrogen and oxygen atoms in total. The predicted molar refractivity (Wildman–Crippen MR) is 41.5 cm³/mol. The fraction of sp³-hybridized carbons (Fsp3) is 1.00. The molecule has 0 aromatic heterocycles. The molecule has 0 heterocycles. The minimum atomic E-state index is -4.02. The summed E-state index contributed by atoms with van der Waals surface area (Å²) in [5.74, 6) is 0. The van der Waals surface area contributed by atoms with Crippen LogP contribution in [-0.4, -0.2) is 14.2 Å². The summed E-state index contributed by atoms with van der Waals surface area (Å²) in [6.07, 6.45) is 0. The van der Waals surface area contributed by atoms with E-state index in [9.17, 15) is 13.0 Å². The molecule has 0 saturated heterocycles. The molecule has 8 heavy (non-hydrogen) atoms. The molecular weight excluding hydrogens is 369 g/mol. The molecule has 0 spiro atoms. The molecule has 0 fully saturated rings. The van der Waals surface area contributed by atoms with Crippen molar-refractivity contribution in [3.8, 4) is 0 Å². The van der Waals surface area contributed by atoms with Gasteiger partial charge in [-0.1, -0.05) is 45.2 Å². The zero-order valence-corrected chi connectivity index (χ0v) is 11.1. The van der Waals surface area contributed by atoms with Crippen molar-refractivity contribution in [3.05, 3.63) is 0 Å². The van der Waals surface area contributed by atoms with Crippen LogP contribution in [0.3, 0.4) is 0 Å². The van der Waals surface area contributed by atoms with Crippen LogP contribution in [0.2, 0.25) is 0 Å². The van der Waals surface area contributed by atoms with Gasteiger partial charge in [-0.2, -0.15) is 0 Å². The maximum Gasteiger partial charge on any atom is 1.00 e. The van der Waals surface area contributed by atoms with Crippen molar-refractivity contribution in [3.63, 3.8) is 0 Å². The molecule has 0 aliphatic carbocycles. The van der Waals surface area contributed by atoms with Gasteiger partial charge in [0.2, 0.25) is 0 Å². The Hall–Kier alpha value is 2.37. The topological polar surface area (TPSA) is 57.2 Å². The summed E-state index contributed by atoms with van der Waals surface area (Å²) in [7, 11) is -4.02. The van der Waals surface area contributed by atoms with Gasteiger partial charge in [-0.3, -0.25) is 0 Å². The molecule has 0 aliphatic heterocycles. The third-order valence-electron chi connectivity index (χ3n) is 0.218. The van der Waals surface area contributed by atoms with Crippen LogP contribution in [-0.2, 0) is 10.1 Å². The van der Waals surface area contributed by atoms with E-state index < -0.39 is 11.4 Å². The largest absolute Gasteiger partial charge is 1.00 e. The Morgan fingerprint density at radius 1 is 1.38 bits per heavy atom. The Morgan fingerprint density at radius 2 is 1.50 bits per heavy atom. The van der Waals surface area contributed by atoms with E-state index >= 15 is 0 Å². The van der Waals surface area contributed by atoms with E-state index in [0.717, 1.165) is 0 Å². The summed E-state index contributed by atoms with van der Waals surface area (Å²) >= 11 is 3.07. The minimum absolute atomic E-state index is 0. The first-order valence-electron chi connectivity index (χ1n) is 1.17. The van der Waals surface area contributed by atoms with Crippen LogP contribution in [0.5, 0.6) is 0 Å². The number of rotatable bonds is 1. The van der Waals surface area contributed by atoms with Gasteiger partial charge in [-0.25, -0.2) is 8.42 Å². The van der Waals surface area contributed by atoms with E-state index in [2.05, 4.69) is 0 Å². The van der Waals surface area contributed by atoms with Gasteiger partial charge < -0.3 is 4.55 Å². The normalized spacial score (nSPS) is 11.0. The predicted octanol–water partition coefficient (Wildman–Crippen LogP) is -2.31. The molecule has 0 aliphatic rings. The van der Waals surface area contributed by atoms with Crippen LogP contribution in [0.25, 0.3) is 0 Å². The van der Waals surface area contributed by atoms with Gasteiger partial charge in [-0.05, 0) is 0 Å². The zero-order valence-electron chi connectivity index (χ0n) is 3.97. The molecule has 0 rings (SSSR count). The average molecular weight is 370 g/mol. The van der Waals surface area contributed by atoms with Crippen LogP contribution in [0.4, 0.5) is 0 Å². The summed E-state index contributed by atoms with van der Waals surface area (Å²) in [5, 5.41) is 0. The first-order valence-corrected chi connectivity index (χ1v) is 5.13. The Morgan fingerprint density at radius 3 is 1.50 bits per heavy atom. The van der Waals surface area contributed by atoms with Crippen LogP contribution < -0.4 is 29.6 Å². The van der Waals surface area contributed by atoms with Gasteiger partial charge in [-0.15, -0.1) is 0 Å². The zero-order chi connectivity index (χ0) is 6.08. The van der Waals surface area contributed by atoms with Crippen LogP contribution in [0, 0.1) is 0 Å². The molecule has 0 bridgehead atoms. The van der Waals surface area contributed by atoms with Gasteiger partial charge in [0.1, 0.15) is 10.1 Å². The van der Waals surface area contributed by atoms with Crippen LogP contribution >= 0.6 is 45.2 Å². The quantitative estimate of drug-likeness (QED) is 0.226. The van der Waals surface area contributed by atoms with Crippen molar-refractivity contribution in [2.45, 2.75) is 1.26 Å². The molecule has 0 saturated carbocycles. The van der Waals surface area contributed by atoms with Crippen LogP contribution in [0.1, 0.15) is 0 Å². The van der Waals surface area contributed by atoms with Gasteiger partial charge in [0.15, 0.2) is 1.26 Å². The second kappa shape index (κ2) is 5.08. The second-order valence-corrected chi connectivity index (χ2v) is 8.78. The van der Waals surface area contributed by atoms with Crippen LogP contribution in [0.15, 0.2) is 0 Å². The minimum Gasteiger partial charge on any atom is -0.747 e. The van der Waals surface area contributed by atoms with E-state index in [-0.39, 0.29) is 29.6 Å². The Balaban J connectivity index is 0. The van der Waals surface area contributed by atoms with E-state index in [1.807, 2.05) is 0 Å². The van der Waals surface area contributed by atoms with Gasteiger partial charge in [0, 0.05) is 0 Å². The summed E-state index contributed by atoms with van der Waals surface area (Å²) < 4.78 is 28.4. The Kier molecular flexibility index (Phi) is 8.25. The summed E-state index contributed by atoms with van der Waals surface area (Å²) in [4.78, 5) is 0. The summed E-state index contributed by atoms with van der Waals surface area (Å²) in [6.45, 7) is 0. The molecule has 7 heteroatoms. The number of hydrogen-bond donors (Lipinski definition) is 0. The number of alkyl halides is 2. The third kappa shape index (κ3) is 6.49. The first-order chi connectivity index (χ1) is 2.94. The van der Waals surface area contributed by atoms with Crippen molar-refractivity contribution in [1.82, 2.24) is 0 Å². The fourth-order valence-electron chi connectivity index (χ4n) is 0. The first kappa shape index (κ1) is 13.0. The van der Waals surface area contributed by atoms with Crippen molar-refractivity contribution in [2.75, 3.05) is 0 Å². The maximum atomic E-state index is 9.76. The van der Waals surface area contributed by atoms with E-state index in [4.69, 9.17) is 0 Å². The summed E-state index contributed by atoms with van der Waals surface area (Å²) in [6, 6.07) is 0. The summed E-state index contributed by atoms with van der Waals surface area (Å²) in [5.41, 5.74) is 0. The molecule has 0 N–H and O–H groups in total. The molecular formula is CHI2NaO3S. The second-order valence-electron chi connectivity index (χ2n) is 0.753. The third-order valence-corrected chi connectivity index (χ3v) is 4.39. The SMILES string of the molecule is O=S(=O)([O-])C(I)I.[Na+]. The Bertz CT molecular complexity index is 139. The van der Waals surface area contributed by atoms with E-state index in [1.54, 1.807) is 0 Å². The maximum absolute atomic E-state index is 9.76. The molecule has 0 amide bonds. The van der Waals surface area contributed by atoms with Gasteiger partial charge in [0.25, 0.3) is 0 Å². The van der Waals surface area contributed by atoms with Gasteiger partial charge >= 0.3 is 29.6 Å². The molecule has 0 radical (unpaired) electrons. The molecule has 0 aromatic carbocycles.